The van der Waals surface area contributed by atoms with Crippen LogP contribution in [0, 0.1) is 0 Å². The first-order chi connectivity index (χ1) is 16.9. The van der Waals surface area contributed by atoms with Crippen molar-refractivity contribution in [1.29, 1.82) is 0 Å². The van der Waals surface area contributed by atoms with E-state index >= 15 is 0 Å². The Kier molecular flexibility index (Phi) is 5.67. The monoisotopic (exact) mass is 473 g/mol. The predicted octanol–water partition coefficient (Wildman–Crippen LogP) is 9.89. The molecule has 0 fully saturated rings. The Bertz CT molecular complexity index is 1410. The van der Waals surface area contributed by atoms with Crippen LogP contribution in [-0.4, -0.2) is 5.54 Å². The first-order valence-electron chi connectivity index (χ1n) is 13.1. The van der Waals surface area contributed by atoms with E-state index in [1.54, 1.807) is 0 Å². The molecule has 0 N–H and O–H groups in total. The van der Waals surface area contributed by atoms with Crippen molar-refractivity contribution in [3.05, 3.63) is 108 Å². The van der Waals surface area contributed by atoms with Crippen LogP contribution in [0.4, 0.5) is 11.4 Å². The van der Waals surface area contributed by atoms with E-state index in [9.17, 15) is 0 Å². The van der Waals surface area contributed by atoms with E-state index < -0.39 is 0 Å². The molecule has 0 aromatic heterocycles. The third kappa shape index (κ3) is 3.95. The minimum atomic E-state index is -0.112. The molecule has 0 heterocycles. The summed E-state index contributed by atoms with van der Waals surface area (Å²) in [5.74, 6) is 0. The van der Waals surface area contributed by atoms with Crippen LogP contribution in [-0.2, 0) is 10.8 Å². The zero-order chi connectivity index (χ0) is 25.9. The van der Waals surface area contributed by atoms with Gasteiger partial charge in [0.2, 0.25) is 0 Å². The zero-order valence-corrected chi connectivity index (χ0v) is 23.1. The van der Waals surface area contributed by atoms with Gasteiger partial charge in [-0.3, -0.25) is 0 Å². The van der Waals surface area contributed by atoms with Gasteiger partial charge in [0.1, 0.15) is 0 Å². The number of nitrogens with zero attached hydrogens (tertiary/aromatic N) is 1. The molecule has 1 heteroatoms. The maximum atomic E-state index is 2.55. The van der Waals surface area contributed by atoms with Crippen LogP contribution in [0.2, 0.25) is 0 Å². The predicted molar refractivity (Wildman–Crippen MR) is 156 cm³/mol. The maximum Gasteiger partial charge on any atom is 0.0457 e. The second-order valence-corrected chi connectivity index (χ2v) is 12.7. The molecule has 36 heavy (non-hydrogen) atoms. The molecule has 1 aliphatic rings. The molecule has 0 spiro atoms. The fourth-order valence-electron chi connectivity index (χ4n) is 6.15. The van der Waals surface area contributed by atoms with Gasteiger partial charge in [-0.2, -0.15) is 0 Å². The molecule has 0 bridgehead atoms. The molecule has 1 aliphatic carbocycles. The third-order valence-corrected chi connectivity index (χ3v) is 7.57. The summed E-state index contributed by atoms with van der Waals surface area (Å²) in [5.41, 5.74) is 11.9. The quantitative estimate of drug-likeness (QED) is 0.286. The molecule has 4 aromatic rings. The Balaban J connectivity index is 1.78. The van der Waals surface area contributed by atoms with E-state index in [4.69, 9.17) is 0 Å². The molecule has 0 aliphatic heterocycles. The zero-order valence-electron chi connectivity index (χ0n) is 23.1. The summed E-state index contributed by atoms with van der Waals surface area (Å²) < 4.78 is 0. The summed E-state index contributed by atoms with van der Waals surface area (Å²) in [4.78, 5) is 2.55. The minimum Gasteiger partial charge on any atom is -0.336 e. The van der Waals surface area contributed by atoms with Crippen LogP contribution in [0.5, 0.6) is 0 Å². The van der Waals surface area contributed by atoms with Gasteiger partial charge in [-0.05, 0) is 83.3 Å². The molecular formula is C35H39N. The van der Waals surface area contributed by atoms with Gasteiger partial charge in [-0.1, -0.05) is 107 Å². The van der Waals surface area contributed by atoms with Crippen molar-refractivity contribution in [2.45, 2.75) is 71.8 Å². The highest BCUT2D eigenvalue weighted by Crippen LogP contribution is 2.55. The van der Waals surface area contributed by atoms with Crippen LogP contribution >= 0.6 is 0 Å². The van der Waals surface area contributed by atoms with Gasteiger partial charge >= 0.3 is 0 Å². The molecule has 0 radical (unpaired) electrons. The molecule has 0 saturated carbocycles. The molecule has 184 valence electrons. The third-order valence-electron chi connectivity index (χ3n) is 7.57. The maximum absolute atomic E-state index is 2.55. The van der Waals surface area contributed by atoms with E-state index in [1.165, 1.54) is 50.3 Å². The van der Waals surface area contributed by atoms with Gasteiger partial charge in [-0.15, -0.1) is 0 Å². The van der Waals surface area contributed by atoms with Gasteiger partial charge < -0.3 is 4.90 Å². The standard InChI is InChI=1S/C35H39N/c1-33(2,3)32-30(22-21-28-27-19-12-13-20-29(27)35(7,8)31(28)32)36(34(4,5)6)26-18-14-17-25(23-26)24-15-10-9-11-16-24/h9-23H,1-8H3. The lowest BCUT2D eigenvalue weighted by molar-refractivity contribution is 0.531. The topological polar surface area (TPSA) is 3.24 Å². The number of hydrogen-bond acceptors (Lipinski definition) is 1. The molecular weight excluding hydrogens is 434 g/mol. The fraction of sp³-hybridized carbons (Fsp3) is 0.314. The van der Waals surface area contributed by atoms with Gasteiger partial charge in [-0.25, -0.2) is 0 Å². The summed E-state index contributed by atoms with van der Waals surface area (Å²) in [6.45, 7) is 18.9. The van der Waals surface area contributed by atoms with Gasteiger partial charge in [0, 0.05) is 22.3 Å². The highest BCUT2D eigenvalue weighted by molar-refractivity contribution is 5.87. The average molecular weight is 474 g/mol. The lowest BCUT2D eigenvalue weighted by Crippen LogP contribution is -2.39. The van der Waals surface area contributed by atoms with Crippen molar-refractivity contribution in [3.63, 3.8) is 0 Å². The lowest BCUT2D eigenvalue weighted by atomic mass is 9.72. The smallest absolute Gasteiger partial charge is 0.0457 e. The highest BCUT2D eigenvalue weighted by Gasteiger charge is 2.42. The normalized spacial score (nSPS) is 14.3. The van der Waals surface area contributed by atoms with Crippen molar-refractivity contribution < 1.29 is 0 Å². The van der Waals surface area contributed by atoms with Crippen LogP contribution in [0.1, 0.15) is 72.1 Å². The summed E-state index contributed by atoms with van der Waals surface area (Å²) >= 11 is 0. The fourth-order valence-corrected chi connectivity index (χ4v) is 6.15. The number of hydrogen-bond donors (Lipinski definition) is 0. The van der Waals surface area contributed by atoms with Crippen molar-refractivity contribution in [2.24, 2.45) is 0 Å². The first kappa shape index (κ1) is 24.4. The van der Waals surface area contributed by atoms with E-state index in [0.717, 1.165) is 0 Å². The minimum absolute atomic E-state index is 0.0273. The molecule has 0 amide bonds. The Hall–Kier alpha value is -3.32. The average Bonchev–Trinajstić information content (AvgIpc) is 3.05. The van der Waals surface area contributed by atoms with Crippen LogP contribution in [0.15, 0.2) is 91.0 Å². The summed E-state index contributed by atoms with van der Waals surface area (Å²) in [6.07, 6.45) is 0. The van der Waals surface area contributed by atoms with Crippen LogP contribution in [0.25, 0.3) is 22.3 Å². The number of fused-ring (bicyclic) bond motifs is 3. The summed E-state index contributed by atoms with van der Waals surface area (Å²) in [7, 11) is 0. The largest absolute Gasteiger partial charge is 0.336 e. The lowest BCUT2D eigenvalue weighted by Gasteiger charge is -2.43. The summed E-state index contributed by atoms with van der Waals surface area (Å²) in [5, 5.41) is 0. The van der Waals surface area contributed by atoms with Crippen molar-refractivity contribution in [2.75, 3.05) is 4.90 Å². The number of anilines is 2. The molecule has 4 aromatic carbocycles. The molecule has 0 saturated heterocycles. The Morgan fingerprint density at radius 1 is 0.611 bits per heavy atom. The highest BCUT2D eigenvalue weighted by atomic mass is 15.2. The van der Waals surface area contributed by atoms with Gasteiger partial charge in [0.15, 0.2) is 0 Å². The first-order valence-corrected chi connectivity index (χ1v) is 13.1. The molecule has 1 nitrogen and oxygen atoms in total. The molecule has 5 rings (SSSR count). The Labute approximate surface area is 217 Å². The Morgan fingerprint density at radius 2 is 1.25 bits per heavy atom. The van der Waals surface area contributed by atoms with E-state index in [0.29, 0.717) is 0 Å². The van der Waals surface area contributed by atoms with E-state index in [2.05, 4.69) is 151 Å². The SMILES string of the molecule is CC(C)(C)c1c(N(c2cccc(-c3ccccc3)c2)C(C)(C)C)ccc2c1C(C)(C)c1ccccc1-2. The number of rotatable bonds is 3. The van der Waals surface area contributed by atoms with Crippen molar-refractivity contribution in [3.8, 4) is 22.3 Å². The second kappa shape index (κ2) is 8.37. The van der Waals surface area contributed by atoms with Gasteiger partial charge in [0.25, 0.3) is 0 Å². The van der Waals surface area contributed by atoms with Gasteiger partial charge in [0.05, 0.1) is 0 Å². The summed E-state index contributed by atoms with van der Waals surface area (Å²) in [6, 6.07) is 33.4. The Morgan fingerprint density at radius 3 is 1.92 bits per heavy atom. The second-order valence-electron chi connectivity index (χ2n) is 12.7. The molecule has 0 unspecified atom stereocenters. The van der Waals surface area contributed by atoms with E-state index in [1.807, 2.05) is 0 Å². The van der Waals surface area contributed by atoms with Crippen LogP contribution < -0.4 is 4.90 Å². The van der Waals surface area contributed by atoms with Crippen molar-refractivity contribution in [1.82, 2.24) is 0 Å². The number of benzene rings is 4. The van der Waals surface area contributed by atoms with Crippen LogP contribution in [0.3, 0.4) is 0 Å². The van der Waals surface area contributed by atoms with Crippen molar-refractivity contribution >= 4 is 11.4 Å². The van der Waals surface area contributed by atoms with E-state index in [-0.39, 0.29) is 16.4 Å². The molecule has 0 atom stereocenters.